The van der Waals surface area contributed by atoms with Crippen LogP contribution in [0.1, 0.15) is 33.6 Å². The average molecular weight is 183 g/mol. The average Bonchev–Trinajstić information content (AvgIpc) is 2.05. The van der Waals surface area contributed by atoms with Crippen LogP contribution in [0.15, 0.2) is 0 Å². The maximum Gasteiger partial charge on any atom is 0.0685 e. The first-order valence-electron chi connectivity index (χ1n) is 4.97. The Kier molecular flexibility index (Phi) is 6.66. The largest absolute Gasteiger partial charge is 0.392 e. The van der Waals surface area contributed by atoms with Crippen molar-refractivity contribution in [3.8, 4) is 12.3 Å². The van der Waals surface area contributed by atoms with E-state index in [9.17, 15) is 5.11 Å². The maximum atomic E-state index is 9.53. The Hall–Kier alpha value is -0.520. The molecule has 2 nitrogen and oxygen atoms in total. The molecule has 0 radical (unpaired) electrons. The third kappa shape index (κ3) is 6.62. The molecule has 76 valence electrons. The molecular formula is C11H21NO. The van der Waals surface area contributed by atoms with Gasteiger partial charge >= 0.3 is 0 Å². The minimum Gasteiger partial charge on any atom is -0.392 e. The van der Waals surface area contributed by atoms with Crippen LogP contribution in [-0.2, 0) is 0 Å². The van der Waals surface area contributed by atoms with E-state index in [1.54, 1.807) is 0 Å². The first-order chi connectivity index (χ1) is 6.10. The van der Waals surface area contributed by atoms with Gasteiger partial charge in [0.1, 0.15) is 0 Å². The highest BCUT2D eigenvalue weighted by atomic mass is 16.3. The Morgan fingerprint density at radius 2 is 2.08 bits per heavy atom. The molecule has 0 fully saturated rings. The number of aliphatic hydroxyl groups excluding tert-OH is 1. The van der Waals surface area contributed by atoms with Gasteiger partial charge < -0.3 is 10.4 Å². The molecule has 2 N–H and O–H groups in total. The Morgan fingerprint density at radius 3 is 2.46 bits per heavy atom. The summed E-state index contributed by atoms with van der Waals surface area (Å²) in [5.74, 6) is 3.17. The van der Waals surface area contributed by atoms with Crippen molar-refractivity contribution in [2.45, 2.75) is 45.8 Å². The van der Waals surface area contributed by atoms with E-state index in [4.69, 9.17) is 6.42 Å². The molecule has 0 spiro atoms. The predicted octanol–water partition coefficient (Wildman–Crippen LogP) is 1.39. The molecule has 0 aliphatic carbocycles. The van der Waals surface area contributed by atoms with Crippen molar-refractivity contribution in [1.82, 2.24) is 5.32 Å². The van der Waals surface area contributed by atoms with E-state index < -0.39 is 0 Å². The Balaban J connectivity index is 3.57. The lowest BCUT2D eigenvalue weighted by atomic mass is 10.1. The summed E-state index contributed by atoms with van der Waals surface area (Å²) in [4.78, 5) is 0. The first-order valence-corrected chi connectivity index (χ1v) is 4.97. The first kappa shape index (κ1) is 12.5. The summed E-state index contributed by atoms with van der Waals surface area (Å²) in [6, 6.07) is 0.0989. The summed E-state index contributed by atoms with van der Waals surface area (Å²) in [6.45, 7) is 6.83. The lowest BCUT2D eigenvalue weighted by Crippen LogP contribution is -2.34. The predicted molar refractivity (Wildman–Crippen MR) is 56.4 cm³/mol. The standard InChI is InChI=1S/C11H21NO/c1-5-10(6-2)12-8-11(13)7-9(3)4/h1,9-13H,6-8H2,2-4H3. The second-order valence-corrected chi connectivity index (χ2v) is 3.82. The van der Waals surface area contributed by atoms with E-state index >= 15 is 0 Å². The Bertz CT molecular complexity index is 160. The molecule has 2 unspecified atom stereocenters. The van der Waals surface area contributed by atoms with Crippen LogP contribution in [0.4, 0.5) is 0 Å². The van der Waals surface area contributed by atoms with Gasteiger partial charge in [-0.25, -0.2) is 0 Å². The molecule has 0 amide bonds. The maximum absolute atomic E-state index is 9.53. The summed E-state index contributed by atoms with van der Waals surface area (Å²) in [7, 11) is 0. The minimum atomic E-state index is -0.276. The number of hydrogen-bond acceptors (Lipinski definition) is 2. The van der Waals surface area contributed by atoms with Crippen LogP contribution < -0.4 is 5.32 Å². The lowest BCUT2D eigenvalue weighted by molar-refractivity contribution is 0.144. The SMILES string of the molecule is C#CC(CC)NCC(O)CC(C)C. The Morgan fingerprint density at radius 1 is 1.46 bits per heavy atom. The van der Waals surface area contributed by atoms with Gasteiger partial charge in [0.2, 0.25) is 0 Å². The van der Waals surface area contributed by atoms with Gasteiger partial charge in [-0.15, -0.1) is 6.42 Å². The molecule has 2 heteroatoms. The van der Waals surface area contributed by atoms with E-state index in [2.05, 4.69) is 25.1 Å². The van der Waals surface area contributed by atoms with Gasteiger partial charge in [0.15, 0.2) is 0 Å². The molecule has 0 rings (SSSR count). The van der Waals surface area contributed by atoms with Crippen LogP contribution in [0, 0.1) is 18.3 Å². The molecule has 0 aromatic rings. The molecule has 0 saturated carbocycles. The van der Waals surface area contributed by atoms with Crippen molar-refractivity contribution in [2.75, 3.05) is 6.54 Å². The molecule has 0 aromatic heterocycles. The zero-order chi connectivity index (χ0) is 10.3. The van der Waals surface area contributed by atoms with Crippen LogP contribution in [0.25, 0.3) is 0 Å². The zero-order valence-corrected chi connectivity index (χ0v) is 8.88. The van der Waals surface area contributed by atoms with Gasteiger partial charge in [-0.1, -0.05) is 26.7 Å². The Labute approximate surface area is 81.7 Å². The third-order valence-electron chi connectivity index (χ3n) is 1.95. The summed E-state index contributed by atoms with van der Waals surface area (Å²) in [5.41, 5.74) is 0. The van der Waals surface area contributed by atoms with Crippen LogP contribution in [0.3, 0.4) is 0 Å². The number of rotatable bonds is 6. The van der Waals surface area contributed by atoms with Crippen LogP contribution >= 0.6 is 0 Å². The summed E-state index contributed by atoms with van der Waals surface area (Å²) in [6.07, 6.45) is 6.74. The molecule has 0 aliphatic rings. The zero-order valence-electron chi connectivity index (χ0n) is 8.88. The summed E-state index contributed by atoms with van der Waals surface area (Å²) in [5, 5.41) is 12.7. The van der Waals surface area contributed by atoms with Crippen molar-refractivity contribution in [3.63, 3.8) is 0 Å². The topological polar surface area (TPSA) is 32.3 Å². The normalized spacial score (nSPS) is 15.4. The lowest BCUT2D eigenvalue weighted by Gasteiger charge is -2.16. The van der Waals surface area contributed by atoms with E-state index in [0.29, 0.717) is 12.5 Å². The molecule has 0 saturated heterocycles. The molecule has 0 heterocycles. The van der Waals surface area contributed by atoms with Crippen molar-refractivity contribution in [3.05, 3.63) is 0 Å². The second kappa shape index (κ2) is 6.94. The van der Waals surface area contributed by atoms with Crippen LogP contribution in [-0.4, -0.2) is 23.8 Å². The number of aliphatic hydroxyl groups is 1. The molecular weight excluding hydrogens is 162 g/mol. The highest BCUT2D eigenvalue weighted by molar-refractivity contribution is 4.97. The van der Waals surface area contributed by atoms with Gasteiger partial charge in [-0.2, -0.15) is 0 Å². The molecule has 2 atom stereocenters. The molecule has 13 heavy (non-hydrogen) atoms. The van der Waals surface area contributed by atoms with Gasteiger partial charge in [-0.05, 0) is 18.8 Å². The second-order valence-electron chi connectivity index (χ2n) is 3.82. The van der Waals surface area contributed by atoms with Gasteiger partial charge in [0.25, 0.3) is 0 Å². The van der Waals surface area contributed by atoms with Crippen molar-refractivity contribution >= 4 is 0 Å². The van der Waals surface area contributed by atoms with Gasteiger partial charge in [-0.3, -0.25) is 0 Å². The quantitative estimate of drug-likeness (QED) is 0.610. The number of nitrogens with one attached hydrogen (secondary N) is 1. The van der Waals surface area contributed by atoms with E-state index in [1.165, 1.54) is 0 Å². The molecule has 0 aliphatic heterocycles. The minimum absolute atomic E-state index is 0.0989. The summed E-state index contributed by atoms with van der Waals surface area (Å²) < 4.78 is 0. The fourth-order valence-corrected chi connectivity index (χ4v) is 1.23. The smallest absolute Gasteiger partial charge is 0.0685 e. The molecule has 0 aromatic carbocycles. The van der Waals surface area contributed by atoms with Crippen molar-refractivity contribution < 1.29 is 5.11 Å². The van der Waals surface area contributed by atoms with Gasteiger partial charge in [0, 0.05) is 6.54 Å². The van der Waals surface area contributed by atoms with Crippen molar-refractivity contribution in [1.29, 1.82) is 0 Å². The monoisotopic (exact) mass is 183 g/mol. The van der Waals surface area contributed by atoms with Crippen LogP contribution in [0.5, 0.6) is 0 Å². The highest BCUT2D eigenvalue weighted by Gasteiger charge is 2.08. The van der Waals surface area contributed by atoms with E-state index in [0.717, 1.165) is 12.8 Å². The molecule has 0 bridgehead atoms. The highest BCUT2D eigenvalue weighted by Crippen LogP contribution is 2.03. The van der Waals surface area contributed by atoms with Gasteiger partial charge in [0.05, 0.1) is 12.1 Å². The number of hydrogen-bond donors (Lipinski definition) is 2. The number of terminal acetylenes is 1. The van der Waals surface area contributed by atoms with Crippen LogP contribution in [0.2, 0.25) is 0 Å². The fraction of sp³-hybridized carbons (Fsp3) is 0.818. The van der Waals surface area contributed by atoms with E-state index in [-0.39, 0.29) is 12.1 Å². The van der Waals surface area contributed by atoms with E-state index in [1.807, 2.05) is 6.92 Å². The third-order valence-corrected chi connectivity index (χ3v) is 1.95. The summed E-state index contributed by atoms with van der Waals surface area (Å²) >= 11 is 0. The fourth-order valence-electron chi connectivity index (χ4n) is 1.23. The van der Waals surface area contributed by atoms with Crippen molar-refractivity contribution in [2.24, 2.45) is 5.92 Å².